The predicted octanol–water partition coefficient (Wildman–Crippen LogP) is 5.16. The van der Waals surface area contributed by atoms with Gasteiger partial charge in [0, 0.05) is 0 Å². The zero-order valence-corrected chi connectivity index (χ0v) is 12.6. The van der Waals surface area contributed by atoms with Crippen molar-refractivity contribution >= 4 is 11.4 Å². The van der Waals surface area contributed by atoms with Crippen molar-refractivity contribution in [3.05, 3.63) is 64.7 Å². The highest BCUT2D eigenvalue weighted by molar-refractivity contribution is 5.99. The van der Waals surface area contributed by atoms with Crippen LogP contribution in [-0.4, -0.2) is 5.71 Å². The summed E-state index contributed by atoms with van der Waals surface area (Å²) in [6.45, 7) is 5.75. The first kappa shape index (κ1) is 16.1. The van der Waals surface area contributed by atoms with E-state index in [0.29, 0.717) is 5.71 Å². The number of halogens is 3. The van der Waals surface area contributed by atoms with Crippen LogP contribution in [0.5, 0.6) is 0 Å². The first-order valence-corrected chi connectivity index (χ1v) is 6.83. The molecule has 2 nitrogen and oxygen atoms in total. The van der Waals surface area contributed by atoms with Gasteiger partial charge in [-0.15, -0.1) is 0 Å². The highest BCUT2D eigenvalue weighted by Crippen LogP contribution is 2.34. The smallest absolute Gasteiger partial charge is 0.278 e. The van der Waals surface area contributed by atoms with Gasteiger partial charge in [-0.25, -0.2) is 0 Å². The van der Waals surface area contributed by atoms with Crippen molar-refractivity contribution in [1.82, 2.24) is 0 Å². The fourth-order valence-electron chi connectivity index (χ4n) is 2.00. The number of hydrogen-bond donors (Lipinski definition) is 1. The van der Waals surface area contributed by atoms with E-state index in [1.165, 1.54) is 12.1 Å². The number of nitrogens with one attached hydrogen (secondary N) is 1. The van der Waals surface area contributed by atoms with E-state index in [1.807, 2.05) is 32.0 Å². The molecule has 22 heavy (non-hydrogen) atoms. The van der Waals surface area contributed by atoms with Gasteiger partial charge >= 0.3 is 6.18 Å². The van der Waals surface area contributed by atoms with Gasteiger partial charge in [0.15, 0.2) is 0 Å². The summed E-state index contributed by atoms with van der Waals surface area (Å²) in [6.07, 6.45) is -4.41. The fraction of sp³-hybridized carbons (Fsp3) is 0.235. The summed E-state index contributed by atoms with van der Waals surface area (Å²) in [7, 11) is 0. The van der Waals surface area contributed by atoms with Crippen LogP contribution < -0.4 is 5.43 Å². The van der Waals surface area contributed by atoms with Crippen LogP contribution in [0, 0.1) is 13.8 Å². The molecule has 0 aliphatic carbocycles. The Morgan fingerprint density at radius 3 is 2.32 bits per heavy atom. The molecule has 0 heterocycles. The summed E-state index contributed by atoms with van der Waals surface area (Å²) in [5.74, 6) is 0. The highest BCUT2D eigenvalue weighted by Gasteiger charge is 2.33. The van der Waals surface area contributed by atoms with Crippen molar-refractivity contribution in [2.75, 3.05) is 5.43 Å². The maximum absolute atomic E-state index is 12.9. The van der Waals surface area contributed by atoms with E-state index in [1.54, 1.807) is 13.0 Å². The molecule has 2 aromatic carbocycles. The number of aryl methyl sites for hydroxylation is 2. The molecule has 0 aliphatic rings. The molecule has 0 saturated carbocycles. The molecule has 0 bridgehead atoms. The zero-order chi connectivity index (χ0) is 16.3. The number of alkyl halides is 3. The number of nitrogens with zero attached hydrogens (tertiary/aromatic N) is 1. The fourth-order valence-corrected chi connectivity index (χ4v) is 2.00. The minimum atomic E-state index is -4.41. The average Bonchev–Trinajstić information content (AvgIpc) is 2.47. The van der Waals surface area contributed by atoms with Gasteiger partial charge in [0.05, 0.1) is 17.0 Å². The van der Waals surface area contributed by atoms with E-state index in [9.17, 15) is 13.2 Å². The predicted molar refractivity (Wildman–Crippen MR) is 83.2 cm³/mol. The van der Waals surface area contributed by atoms with E-state index in [-0.39, 0.29) is 5.69 Å². The molecule has 5 heteroatoms. The first-order valence-electron chi connectivity index (χ1n) is 6.83. The maximum atomic E-state index is 12.9. The Morgan fingerprint density at radius 2 is 1.68 bits per heavy atom. The molecule has 0 atom stereocenters. The van der Waals surface area contributed by atoms with Gasteiger partial charge in [-0.2, -0.15) is 18.3 Å². The van der Waals surface area contributed by atoms with Crippen LogP contribution in [0.4, 0.5) is 18.9 Å². The second-order valence-electron chi connectivity index (χ2n) is 5.15. The molecule has 0 amide bonds. The van der Waals surface area contributed by atoms with Crippen LogP contribution in [0.25, 0.3) is 0 Å². The van der Waals surface area contributed by atoms with Gasteiger partial charge < -0.3 is 0 Å². The Morgan fingerprint density at radius 1 is 1.00 bits per heavy atom. The van der Waals surface area contributed by atoms with Crippen molar-refractivity contribution < 1.29 is 13.2 Å². The SMILES string of the molecule is C/C(=N/Nc1ccccc1C(F)(F)F)c1ccc(C)c(C)c1. The van der Waals surface area contributed by atoms with Crippen LogP contribution in [0.3, 0.4) is 0 Å². The Labute approximate surface area is 127 Å². The van der Waals surface area contributed by atoms with Crippen molar-refractivity contribution in [1.29, 1.82) is 0 Å². The molecule has 0 unspecified atom stereocenters. The Bertz CT molecular complexity index is 703. The molecule has 0 aromatic heterocycles. The molecule has 2 aromatic rings. The lowest BCUT2D eigenvalue weighted by Gasteiger charge is -2.12. The number of rotatable bonds is 3. The zero-order valence-electron chi connectivity index (χ0n) is 12.6. The maximum Gasteiger partial charge on any atom is 0.418 e. The third kappa shape index (κ3) is 3.67. The van der Waals surface area contributed by atoms with Gasteiger partial charge in [-0.3, -0.25) is 5.43 Å². The normalized spacial score (nSPS) is 12.4. The quantitative estimate of drug-likeness (QED) is 0.615. The van der Waals surface area contributed by atoms with E-state index in [2.05, 4.69) is 10.5 Å². The van der Waals surface area contributed by atoms with Crippen LogP contribution in [-0.2, 0) is 6.18 Å². The Hall–Kier alpha value is -2.30. The van der Waals surface area contributed by atoms with Gasteiger partial charge in [0.1, 0.15) is 0 Å². The molecule has 116 valence electrons. The van der Waals surface area contributed by atoms with Gasteiger partial charge in [-0.1, -0.05) is 24.3 Å². The molecule has 0 radical (unpaired) electrons. The van der Waals surface area contributed by atoms with Gasteiger partial charge in [0.2, 0.25) is 0 Å². The average molecular weight is 306 g/mol. The van der Waals surface area contributed by atoms with Gasteiger partial charge in [0.25, 0.3) is 0 Å². The lowest BCUT2D eigenvalue weighted by molar-refractivity contribution is -0.136. The Balaban J connectivity index is 2.26. The van der Waals surface area contributed by atoms with Crippen molar-refractivity contribution in [2.45, 2.75) is 26.9 Å². The van der Waals surface area contributed by atoms with Crippen LogP contribution in [0.15, 0.2) is 47.6 Å². The van der Waals surface area contributed by atoms with Crippen LogP contribution in [0.1, 0.15) is 29.2 Å². The summed E-state index contributed by atoms with van der Waals surface area (Å²) in [6, 6.07) is 11.1. The minimum Gasteiger partial charge on any atom is -0.278 e. The number of hydrazone groups is 1. The minimum absolute atomic E-state index is 0.0572. The van der Waals surface area contributed by atoms with E-state index in [0.717, 1.165) is 22.8 Å². The van der Waals surface area contributed by atoms with E-state index >= 15 is 0 Å². The van der Waals surface area contributed by atoms with E-state index < -0.39 is 11.7 Å². The summed E-state index contributed by atoms with van der Waals surface area (Å²) in [5, 5.41) is 4.08. The second kappa shape index (κ2) is 6.22. The molecule has 0 fully saturated rings. The summed E-state index contributed by atoms with van der Waals surface area (Å²) in [5.41, 5.74) is 5.51. The summed E-state index contributed by atoms with van der Waals surface area (Å²) >= 11 is 0. The second-order valence-corrected chi connectivity index (χ2v) is 5.15. The molecular weight excluding hydrogens is 289 g/mol. The lowest BCUT2D eigenvalue weighted by Crippen LogP contribution is -2.09. The van der Waals surface area contributed by atoms with Gasteiger partial charge in [-0.05, 0) is 55.7 Å². The molecule has 0 saturated heterocycles. The number of hydrogen-bond acceptors (Lipinski definition) is 2. The van der Waals surface area contributed by atoms with Crippen molar-refractivity contribution in [2.24, 2.45) is 5.10 Å². The third-order valence-corrected chi connectivity index (χ3v) is 3.50. The van der Waals surface area contributed by atoms with E-state index in [4.69, 9.17) is 0 Å². The van der Waals surface area contributed by atoms with Crippen LogP contribution >= 0.6 is 0 Å². The van der Waals surface area contributed by atoms with Crippen molar-refractivity contribution in [3.8, 4) is 0 Å². The number of anilines is 1. The molecule has 1 N–H and O–H groups in total. The molecule has 0 aliphatic heterocycles. The standard InChI is InChI=1S/C17H17F3N2/c1-11-8-9-14(10-12(11)2)13(3)21-22-16-7-5-4-6-15(16)17(18,19)20/h4-10,22H,1-3H3/b21-13-. The third-order valence-electron chi connectivity index (χ3n) is 3.50. The highest BCUT2D eigenvalue weighted by atomic mass is 19.4. The topological polar surface area (TPSA) is 24.4 Å². The van der Waals surface area contributed by atoms with Crippen molar-refractivity contribution in [3.63, 3.8) is 0 Å². The summed E-state index contributed by atoms with van der Waals surface area (Å²) < 4.78 is 38.7. The lowest BCUT2D eigenvalue weighted by atomic mass is 10.0. The molecule has 0 spiro atoms. The summed E-state index contributed by atoms with van der Waals surface area (Å²) in [4.78, 5) is 0. The number of benzene rings is 2. The monoisotopic (exact) mass is 306 g/mol. The first-order chi connectivity index (χ1) is 10.3. The molecular formula is C17H17F3N2. The largest absolute Gasteiger partial charge is 0.418 e. The number of para-hydroxylation sites is 1. The van der Waals surface area contributed by atoms with Crippen LogP contribution in [0.2, 0.25) is 0 Å². The Kier molecular flexibility index (Phi) is 4.54. The molecule has 2 rings (SSSR count).